The summed E-state index contributed by atoms with van der Waals surface area (Å²) in [6.07, 6.45) is 2.56. The second kappa shape index (κ2) is 10.5. The quantitative estimate of drug-likeness (QED) is 0.681. The zero-order chi connectivity index (χ0) is 23.2. The summed E-state index contributed by atoms with van der Waals surface area (Å²) < 4.78 is 30.3. The molecule has 7 nitrogen and oxygen atoms in total. The molecular weight excluding hydrogens is 416 g/mol. The summed E-state index contributed by atoms with van der Waals surface area (Å²) in [5.41, 5.74) is 0.406. The highest BCUT2D eigenvalue weighted by atomic mass is 32.2. The van der Waals surface area contributed by atoms with Crippen molar-refractivity contribution in [2.45, 2.75) is 76.8 Å². The molecule has 1 fully saturated rings. The zero-order valence-electron chi connectivity index (χ0n) is 19.3. The van der Waals surface area contributed by atoms with E-state index in [0.29, 0.717) is 24.4 Å². The minimum absolute atomic E-state index is 0.108. The van der Waals surface area contributed by atoms with Gasteiger partial charge in [-0.15, -0.1) is 0 Å². The van der Waals surface area contributed by atoms with Crippen molar-refractivity contribution in [2.75, 3.05) is 18.8 Å². The first-order valence-electron chi connectivity index (χ1n) is 10.9. The third-order valence-corrected chi connectivity index (χ3v) is 7.16. The minimum Gasteiger partial charge on any atom is -0.444 e. The summed E-state index contributed by atoms with van der Waals surface area (Å²) in [6, 6.07) is 6.26. The third kappa shape index (κ3) is 8.16. The van der Waals surface area contributed by atoms with Crippen molar-refractivity contribution in [3.05, 3.63) is 29.8 Å². The number of rotatable bonds is 7. The number of likely N-dealkylation sites (tertiary alicyclic amines) is 1. The Kier molecular flexibility index (Phi) is 8.51. The van der Waals surface area contributed by atoms with Crippen LogP contribution in [0.15, 0.2) is 29.2 Å². The minimum atomic E-state index is -3.29. The number of sulfone groups is 1. The van der Waals surface area contributed by atoms with Gasteiger partial charge in [-0.3, -0.25) is 4.79 Å². The molecule has 174 valence electrons. The van der Waals surface area contributed by atoms with E-state index in [0.717, 1.165) is 24.8 Å². The normalized spacial score (nSPS) is 18.4. The van der Waals surface area contributed by atoms with Crippen molar-refractivity contribution in [3.63, 3.8) is 0 Å². The maximum absolute atomic E-state index is 12.8. The molecule has 0 spiro atoms. The van der Waals surface area contributed by atoms with E-state index in [1.807, 2.05) is 19.1 Å². The fraction of sp³-hybridized carbons (Fsp3) is 0.652. The number of carbonyl (C=O) groups is 2. The smallest absolute Gasteiger partial charge is 0.408 e. The summed E-state index contributed by atoms with van der Waals surface area (Å²) in [4.78, 5) is 26.8. The molecule has 0 saturated carbocycles. The lowest BCUT2D eigenvalue weighted by atomic mass is 9.93. The second-order valence-electron chi connectivity index (χ2n) is 9.43. The van der Waals surface area contributed by atoms with Gasteiger partial charge in [0.2, 0.25) is 5.91 Å². The number of ether oxygens (including phenoxy) is 1. The molecule has 0 aromatic heterocycles. The van der Waals surface area contributed by atoms with Crippen LogP contribution in [0.2, 0.25) is 0 Å². The lowest BCUT2D eigenvalue weighted by Crippen LogP contribution is -2.50. The van der Waals surface area contributed by atoms with Crippen LogP contribution in [0.4, 0.5) is 4.79 Å². The van der Waals surface area contributed by atoms with Gasteiger partial charge >= 0.3 is 6.09 Å². The highest BCUT2D eigenvalue weighted by molar-refractivity contribution is 7.91. The molecule has 1 aromatic rings. The molecular formula is C23H36N2O5S. The average molecular weight is 453 g/mol. The average Bonchev–Trinajstić information content (AvgIpc) is 2.66. The molecule has 1 aromatic carbocycles. The molecule has 0 aliphatic carbocycles. The van der Waals surface area contributed by atoms with E-state index < -0.39 is 27.6 Å². The van der Waals surface area contributed by atoms with Crippen molar-refractivity contribution >= 4 is 21.8 Å². The Morgan fingerprint density at radius 2 is 1.87 bits per heavy atom. The molecule has 0 bridgehead atoms. The van der Waals surface area contributed by atoms with E-state index in [4.69, 9.17) is 4.74 Å². The fourth-order valence-electron chi connectivity index (χ4n) is 3.75. The first-order chi connectivity index (χ1) is 14.4. The summed E-state index contributed by atoms with van der Waals surface area (Å²) in [7, 11) is -3.29. The van der Waals surface area contributed by atoms with E-state index in [9.17, 15) is 18.0 Å². The van der Waals surface area contributed by atoms with E-state index >= 15 is 0 Å². The molecule has 1 N–H and O–H groups in total. The zero-order valence-corrected chi connectivity index (χ0v) is 20.1. The van der Waals surface area contributed by atoms with Crippen molar-refractivity contribution < 1.29 is 22.7 Å². The molecule has 1 heterocycles. The predicted octanol–water partition coefficient (Wildman–Crippen LogP) is 3.70. The van der Waals surface area contributed by atoms with Crippen LogP contribution in [-0.4, -0.2) is 55.8 Å². The fourth-order valence-corrected chi connectivity index (χ4v) is 5.08. The summed E-state index contributed by atoms with van der Waals surface area (Å²) >= 11 is 0. The van der Waals surface area contributed by atoms with Gasteiger partial charge in [0.15, 0.2) is 9.84 Å². The SMILES string of the molecule is Cc1ccc(S(=O)(=O)CCC[C@H]2CCCN(C(=O)[C@@H](C)NC(=O)OC(C)(C)C)C2)cc1. The van der Waals surface area contributed by atoms with Gasteiger partial charge in [0.25, 0.3) is 0 Å². The summed E-state index contributed by atoms with van der Waals surface area (Å²) in [5.74, 6) is 0.236. The highest BCUT2D eigenvalue weighted by Gasteiger charge is 2.29. The van der Waals surface area contributed by atoms with Gasteiger partial charge in [0.05, 0.1) is 10.6 Å². The van der Waals surface area contributed by atoms with Crippen LogP contribution in [0.5, 0.6) is 0 Å². The van der Waals surface area contributed by atoms with E-state index in [2.05, 4.69) is 5.32 Å². The van der Waals surface area contributed by atoms with Crippen molar-refractivity contribution in [1.82, 2.24) is 10.2 Å². The predicted molar refractivity (Wildman–Crippen MR) is 121 cm³/mol. The van der Waals surface area contributed by atoms with Crippen LogP contribution < -0.4 is 5.32 Å². The van der Waals surface area contributed by atoms with Gasteiger partial charge in [-0.05, 0) is 78.4 Å². The summed E-state index contributed by atoms with van der Waals surface area (Å²) in [6.45, 7) is 10.1. The number of piperidine rings is 1. The topological polar surface area (TPSA) is 92.8 Å². The van der Waals surface area contributed by atoms with Crippen molar-refractivity contribution in [1.29, 1.82) is 0 Å². The molecule has 2 atom stereocenters. The van der Waals surface area contributed by atoms with E-state index in [-0.39, 0.29) is 17.6 Å². The number of aryl methyl sites for hydroxylation is 1. The Labute approximate surface area is 186 Å². The Morgan fingerprint density at radius 3 is 2.48 bits per heavy atom. The van der Waals surface area contributed by atoms with Crippen LogP contribution in [0, 0.1) is 12.8 Å². The molecule has 1 saturated heterocycles. The number of hydrogen-bond acceptors (Lipinski definition) is 5. The first kappa shape index (κ1) is 25.2. The number of nitrogens with zero attached hydrogens (tertiary/aromatic N) is 1. The Hall–Kier alpha value is -2.09. The van der Waals surface area contributed by atoms with Crippen LogP contribution in [0.3, 0.4) is 0 Å². The maximum Gasteiger partial charge on any atom is 0.408 e. The number of amides is 2. The Morgan fingerprint density at radius 1 is 1.23 bits per heavy atom. The monoisotopic (exact) mass is 452 g/mol. The number of alkyl carbamates (subject to hydrolysis) is 1. The van der Waals surface area contributed by atoms with Crippen LogP contribution in [0.25, 0.3) is 0 Å². The summed E-state index contributed by atoms with van der Waals surface area (Å²) in [5, 5.41) is 2.60. The molecule has 1 aliphatic rings. The number of nitrogens with one attached hydrogen (secondary N) is 1. The standard InChI is InChI=1S/C23H36N2O5S/c1-17-10-12-20(13-11-17)31(28,29)15-7-9-19-8-6-14-25(16-19)21(26)18(2)24-22(27)30-23(3,4)5/h10-13,18-19H,6-9,14-16H2,1-5H3,(H,24,27)/t18-,19-/m1/s1. The maximum atomic E-state index is 12.8. The van der Waals surface area contributed by atoms with Gasteiger partial charge in [-0.2, -0.15) is 0 Å². The molecule has 8 heteroatoms. The number of carbonyl (C=O) groups excluding carboxylic acids is 2. The Bertz CT molecular complexity index is 859. The molecule has 2 amide bonds. The van der Waals surface area contributed by atoms with E-state index in [1.165, 1.54) is 0 Å². The van der Waals surface area contributed by atoms with Crippen LogP contribution >= 0.6 is 0 Å². The first-order valence-corrected chi connectivity index (χ1v) is 12.6. The van der Waals surface area contributed by atoms with E-state index in [1.54, 1.807) is 44.7 Å². The van der Waals surface area contributed by atoms with Crippen molar-refractivity contribution in [3.8, 4) is 0 Å². The van der Waals surface area contributed by atoms with Crippen LogP contribution in [0.1, 0.15) is 58.9 Å². The van der Waals surface area contributed by atoms with Gasteiger partial charge in [0.1, 0.15) is 11.6 Å². The number of benzene rings is 1. The third-order valence-electron chi connectivity index (χ3n) is 5.34. The molecule has 0 radical (unpaired) electrons. The lowest BCUT2D eigenvalue weighted by molar-refractivity contribution is -0.134. The van der Waals surface area contributed by atoms with Gasteiger partial charge in [-0.25, -0.2) is 13.2 Å². The molecule has 0 unspecified atom stereocenters. The van der Waals surface area contributed by atoms with Gasteiger partial charge < -0.3 is 15.0 Å². The Balaban J connectivity index is 1.83. The molecule has 1 aliphatic heterocycles. The van der Waals surface area contributed by atoms with Gasteiger partial charge in [-0.1, -0.05) is 17.7 Å². The highest BCUT2D eigenvalue weighted by Crippen LogP contribution is 2.23. The van der Waals surface area contributed by atoms with Gasteiger partial charge in [0, 0.05) is 13.1 Å². The van der Waals surface area contributed by atoms with Crippen LogP contribution in [-0.2, 0) is 19.4 Å². The lowest BCUT2D eigenvalue weighted by Gasteiger charge is -2.34. The largest absolute Gasteiger partial charge is 0.444 e. The molecule has 2 rings (SSSR count). The number of hydrogen-bond donors (Lipinski definition) is 1. The van der Waals surface area contributed by atoms with Crippen molar-refractivity contribution in [2.24, 2.45) is 5.92 Å². The second-order valence-corrected chi connectivity index (χ2v) is 11.5. The molecule has 31 heavy (non-hydrogen) atoms.